The van der Waals surface area contributed by atoms with Crippen molar-refractivity contribution in [3.05, 3.63) is 216 Å². The van der Waals surface area contributed by atoms with Crippen LogP contribution in [0.15, 0.2) is 174 Å². The van der Waals surface area contributed by atoms with Crippen LogP contribution >= 0.6 is 0 Å². The molecule has 0 saturated heterocycles. The molecule has 5 nitrogen and oxygen atoms in total. The molecule has 9 aromatic carbocycles. The van der Waals surface area contributed by atoms with Crippen LogP contribution in [0.5, 0.6) is 0 Å². The molecule has 0 aliphatic heterocycles. The van der Waals surface area contributed by atoms with Crippen molar-refractivity contribution in [1.82, 2.24) is 19.5 Å². The van der Waals surface area contributed by atoms with Crippen molar-refractivity contribution in [3.63, 3.8) is 0 Å². The molecule has 0 bridgehead atoms. The van der Waals surface area contributed by atoms with Gasteiger partial charge in [-0.2, -0.15) is 0 Å². The topological polar surface area (TPSA) is 56.7 Å². The van der Waals surface area contributed by atoms with Crippen LogP contribution in [0.2, 0.25) is 0 Å². The number of imidazole rings is 1. The van der Waals surface area contributed by atoms with E-state index in [1.807, 2.05) is 39.0 Å². The van der Waals surface area contributed by atoms with Gasteiger partial charge in [0.2, 0.25) is 0 Å². The zero-order chi connectivity index (χ0) is 58.2. The summed E-state index contributed by atoms with van der Waals surface area (Å²) in [6.07, 6.45) is 1.32. The molecule has 6 heteroatoms. The summed E-state index contributed by atoms with van der Waals surface area (Å²) in [6, 6.07) is 61.1. The van der Waals surface area contributed by atoms with E-state index in [4.69, 9.17) is 21.7 Å². The van der Waals surface area contributed by atoms with Gasteiger partial charge in [-0.3, -0.25) is 15.0 Å². The Labute approximate surface area is 461 Å². The van der Waals surface area contributed by atoms with Crippen molar-refractivity contribution in [2.24, 2.45) is 0 Å². The number of rotatable bonds is 7. The predicted octanol–water partition coefficient (Wildman–Crippen LogP) is 18.4. The van der Waals surface area contributed by atoms with Crippen molar-refractivity contribution >= 4 is 54.5 Å². The maximum Gasteiger partial charge on any atom is 0.121 e. The average Bonchev–Trinajstić information content (AvgIpc) is 1.80. The molecule has 3 heterocycles. The van der Waals surface area contributed by atoms with E-state index in [1.165, 1.54) is 40.2 Å². The van der Waals surface area contributed by atoms with E-state index < -0.39 is 26.0 Å². The van der Waals surface area contributed by atoms with E-state index in [0.717, 1.165) is 55.1 Å². The summed E-state index contributed by atoms with van der Waals surface area (Å²) in [5, 5.41) is 6.57. The summed E-state index contributed by atoms with van der Waals surface area (Å²) >= 11 is 0. The molecule has 0 saturated carbocycles. The van der Waals surface area contributed by atoms with Gasteiger partial charge in [0.1, 0.15) is 5.58 Å². The first kappa shape index (κ1) is 40.0. The van der Waals surface area contributed by atoms with Gasteiger partial charge in [-0.05, 0) is 122 Å². The number of aryl methyl sites for hydroxylation is 3. The molecule has 0 aliphatic carbocycles. The van der Waals surface area contributed by atoms with Gasteiger partial charge in [-0.1, -0.05) is 169 Å². The number of nitrogens with zero attached hydrogens (tertiary/aromatic N) is 4. The molecule has 0 fully saturated rings. The Bertz CT molecular complexity index is 4350. The molecule has 0 unspecified atom stereocenters. The van der Waals surface area contributed by atoms with Gasteiger partial charge in [-0.15, -0.1) is 53.6 Å². The van der Waals surface area contributed by atoms with E-state index in [9.17, 15) is 0 Å². The molecule has 3 aromatic heterocycles. The third kappa shape index (κ3) is 9.27. The largest absolute Gasteiger partial charge is 0.501 e. The van der Waals surface area contributed by atoms with E-state index in [0.29, 0.717) is 45.1 Å². The molecule has 1 radical (unpaired) electrons. The first-order chi connectivity index (χ1) is 38.8. The van der Waals surface area contributed by atoms with Crippen molar-refractivity contribution in [2.45, 2.75) is 86.3 Å². The van der Waals surface area contributed by atoms with Gasteiger partial charge in [0.15, 0.2) is 0 Å². The number of hydrogen-bond donors (Lipinski definition) is 0. The zero-order valence-corrected chi connectivity index (χ0v) is 44.7. The second kappa shape index (κ2) is 20.1. The van der Waals surface area contributed by atoms with Gasteiger partial charge in [-0.25, -0.2) is 0 Å². The van der Waals surface area contributed by atoms with Crippen molar-refractivity contribution in [3.8, 4) is 50.7 Å². The van der Waals surface area contributed by atoms with E-state index in [-0.39, 0.29) is 48.6 Å². The molecule has 74 heavy (non-hydrogen) atoms. The fourth-order valence-electron chi connectivity index (χ4n) is 10.0. The Kier molecular flexibility index (Phi) is 10.8. The van der Waals surface area contributed by atoms with Crippen LogP contribution in [-0.2, 0) is 25.5 Å². The SMILES string of the molecule is [2H]C([2H])([2H])c1c[c-]c(-c2ncc(C([2H])([2H])[2H])c(C(C)(C)C)n2)cc1.[2H]C([2H])([2H])c1cccc2nc(-c3[c-]ccc4c3oc3cc5c(ccc6ccccc65)cc34)n(-c3c(C(C)C)cc(-c4ccc(-c5ccccc5)cc4)cc3C(C)C)c12.[Ir]. The first-order valence-electron chi connectivity index (χ1n) is 29.3. The molecule has 12 rings (SSSR count). The molecule has 0 spiro atoms. The average molecular weight is 1150 g/mol. The number of para-hydroxylation sites is 1. The Balaban J connectivity index is 0.000000260. The molecular formula is C68H60IrN4O-2. The van der Waals surface area contributed by atoms with Crippen LogP contribution in [0.4, 0.5) is 0 Å². The number of benzene rings is 9. The molecule has 0 aliphatic rings. The van der Waals surface area contributed by atoms with E-state index in [1.54, 1.807) is 18.2 Å². The fraction of sp³-hybridized carbons (Fsp3) is 0.191. The third-order valence-corrected chi connectivity index (χ3v) is 13.7. The molecule has 0 amide bonds. The standard InChI is InChI=1S/C52H41N2O.C16H19N2.Ir/c1-31(2)43-28-39(36-23-21-35(22-24-36)34-14-7-6-8-15-34)29-44(32(3)4)50(43)54-49-33(5)13-11-20-47(49)53-52(54)42-19-12-18-41-46-27-38-26-25-37-16-9-10-17-40(37)45(38)30-48(46)55-51(41)42;1-11-6-8-13(9-7-11)15-17-10-12(2)14(18-15)16(3,4)5;/h6-18,20-32H,1-5H3;6-8,10H,1-5H3;/q2*-1;/i5D3;1D3,2D3;. The summed E-state index contributed by atoms with van der Waals surface area (Å²) in [6.45, 7) is 7.59. The summed E-state index contributed by atoms with van der Waals surface area (Å²) in [5.74, 6) is 1.10. The quantitative estimate of drug-likeness (QED) is 0.118. The number of aromatic nitrogens is 4. The van der Waals surface area contributed by atoms with E-state index >= 15 is 0 Å². The number of hydrogen-bond acceptors (Lipinski definition) is 4. The Morgan fingerprint density at radius 1 is 0.595 bits per heavy atom. The first-order valence-corrected chi connectivity index (χ1v) is 24.8. The summed E-state index contributed by atoms with van der Waals surface area (Å²) in [4.78, 5) is 13.9. The van der Waals surface area contributed by atoms with Gasteiger partial charge >= 0.3 is 0 Å². The van der Waals surface area contributed by atoms with Crippen LogP contribution in [0.3, 0.4) is 0 Å². The van der Waals surface area contributed by atoms with Crippen LogP contribution in [-0.4, -0.2) is 19.5 Å². The summed E-state index contributed by atoms with van der Waals surface area (Å²) in [7, 11) is 0. The monoisotopic (exact) mass is 1150 g/mol. The molecule has 0 N–H and O–H groups in total. The smallest absolute Gasteiger partial charge is 0.121 e. The minimum absolute atomic E-state index is 0. The van der Waals surface area contributed by atoms with Crippen LogP contribution in [0.1, 0.15) is 106 Å². The van der Waals surface area contributed by atoms with Crippen LogP contribution in [0, 0.1) is 32.7 Å². The minimum Gasteiger partial charge on any atom is -0.501 e. The zero-order valence-electron chi connectivity index (χ0n) is 51.4. The Morgan fingerprint density at radius 2 is 1.30 bits per heavy atom. The van der Waals surface area contributed by atoms with Gasteiger partial charge in [0.05, 0.1) is 28.3 Å². The summed E-state index contributed by atoms with van der Waals surface area (Å²) in [5.41, 5.74) is 12.1. The van der Waals surface area contributed by atoms with Crippen LogP contribution in [0.25, 0.3) is 105 Å². The number of fused-ring (bicyclic) bond motifs is 7. The van der Waals surface area contributed by atoms with Crippen LogP contribution < -0.4 is 0 Å². The molecule has 369 valence electrons. The van der Waals surface area contributed by atoms with Crippen molar-refractivity contribution in [1.29, 1.82) is 0 Å². The normalized spacial score (nSPS) is 14.1. The van der Waals surface area contributed by atoms with Crippen molar-refractivity contribution < 1.29 is 36.9 Å². The summed E-state index contributed by atoms with van der Waals surface area (Å²) < 4.78 is 80.2. The predicted molar refractivity (Wildman–Crippen MR) is 306 cm³/mol. The second-order valence-corrected chi connectivity index (χ2v) is 20.5. The maximum atomic E-state index is 8.73. The van der Waals surface area contributed by atoms with E-state index in [2.05, 4.69) is 170 Å². The van der Waals surface area contributed by atoms with Crippen molar-refractivity contribution in [2.75, 3.05) is 0 Å². The fourth-order valence-corrected chi connectivity index (χ4v) is 10.0. The maximum absolute atomic E-state index is 8.73. The molecule has 12 aromatic rings. The van der Waals surface area contributed by atoms with Gasteiger partial charge in [0.25, 0.3) is 0 Å². The third-order valence-electron chi connectivity index (χ3n) is 13.7. The van der Waals surface area contributed by atoms with Gasteiger partial charge in [0, 0.05) is 60.8 Å². The Hall–Kier alpha value is -7.50. The molecule has 0 atom stereocenters. The second-order valence-electron chi connectivity index (χ2n) is 20.5. The van der Waals surface area contributed by atoms with Gasteiger partial charge < -0.3 is 8.98 Å². The minimum atomic E-state index is -2.39. The molecular weight excluding hydrogens is 1080 g/mol. The number of furan rings is 1. The Morgan fingerprint density at radius 3 is 1.99 bits per heavy atom.